The van der Waals surface area contributed by atoms with E-state index in [9.17, 15) is 18.0 Å². The maximum absolute atomic E-state index is 13.7. The topological polar surface area (TPSA) is 114 Å². The van der Waals surface area contributed by atoms with E-state index >= 15 is 0 Å². The lowest BCUT2D eigenvalue weighted by atomic mass is 10.0. The molecule has 0 saturated carbocycles. The van der Waals surface area contributed by atoms with Crippen LogP contribution in [0.4, 0.5) is 11.4 Å². The first kappa shape index (κ1) is 30.1. The minimum absolute atomic E-state index is 0.0680. The summed E-state index contributed by atoms with van der Waals surface area (Å²) < 4.78 is 40.8. The molecular formula is C34H31N3O6S. The lowest BCUT2D eigenvalue weighted by Crippen LogP contribution is -2.21. The van der Waals surface area contributed by atoms with Crippen molar-refractivity contribution in [3.63, 3.8) is 0 Å². The number of anilines is 2. The predicted octanol–water partition coefficient (Wildman–Crippen LogP) is 6.28. The highest BCUT2D eigenvalue weighted by Gasteiger charge is 2.22. The second-order valence-electron chi connectivity index (χ2n) is 10.2. The number of carbonyl (C=O) groups is 2. The predicted molar refractivity (Wildman–Crippen MR) is 172 cm³/mol. The Hall–Kier alpha value is -5.35. The molecule has 5 aromatic rings. The van der Waals surface area contributed by atoms with Gasteiger partial charge < -0.3 is 19.7 Å². The number of nitrogens with one attached hydrogen (secondary N) is 2. The normalized spacial score (nSPS) is 11.1. The molecule has 9 nitrogen and oxygen atoms in total. The summed E-state index contributed by atoms with van der Waals surface area (Å²) in [4.78, 5) is 26.9. The summed E-state index contributed by atoms with van der Waals surface area (Å²) in [5.74, 6) is 0.223. The molecule has 0 aliphatic rings. The molecule has 5 rings (SSSR count). The summed E-state index contributed by atoms with van der Waals surface area (Å²) in [6.45, 7) is 0. The lowest BCUT2D eigenvalue weighted by Gasteiger charge is -2.15. The van der Waals surface area contributed by atoms with Gasteiger partial charge >= 0.3 is 0 Å². The summed E-state index contributed by atoms with van der Waals surface area (Å²) in [6.07, 6.45) is 0. The summed E-state index contributed by atoms with van der Waals surface area (Å²) in [7, 11) is 2.14. The Balaban J connectivity index is 1.47. The highest BCUT2D eigenvalue weighted by atomic mass is 32.2. The fourth-order valence-corrected chi connectivity index (χ4v) is 6.02. The Labute approximate surface area is 256 Å². The van der Waals surface area contributed by atoms with Gasteiger partial charge in [-0.3, -0.25) is 14.3 Å². The van der Waals surface area contributed by atoms with Crippen LogP contribution < -0.4 is 19.5 Å². The van der Waals surface area contributed by atoms with Crippen LogP contribution in [-0.4, -0.2) is 53.4 Å². The molecule has 0 atom stereocenters. The number of carbonyl (C=O) groups excluding carboxylic acids is 2. The minimum Gasteiger partial charge on any atom is -0.497 e. The number of nitrogens with zero attached hydrogens (tertiary/aromatic N) is 1. The van der Waals surface area contributed by atoms with Gasteiger partial charge in [0.05, 0.1) is 14.2 Å². The molecule has 0 aromatic heterocycles. The number of methoxy groups -OCH3 is 2. The van der Waals surface area contributed by atoms with Crippen molar-refractivity contribution in [2.45, 2.75) is 4.90 Å². The molecule has 44 heavy (non-hydrogen) atoms. The number of hydrogen-bond donors (Lipinski definition) is 2. The number of rotatable bonds is 9. The van der Waals surface area contributed by atoms with Crippen LogP contribution >= 0.6 is 0 Å². The molecule has 0 unspecified atom stereocenters. The number of fused-ring (bicyclic) bond motifs is 1. The third kappa shape index (κ3) is 6.35. The Kier molecular flexibility index (Phi) is 8.54. The highest BCUT2D eigenvalue weighted by molar-refractivity contribution is 7.92. The zero-order chi connectivity index (χ0) is 31.4. The van der Waals surface area contributed by atoms with Crippen LogP contribution in [0.25, 0.3) is 21.9 Å². The van der Waals surface area contributed by atoms with Crippen molar-refractivity contribution in [1.82, 2.24) is 4.90 Å². The standard InChI is InChI=1S/C34H31N3O6S/c1-37(2)34(39)26-11-5-9-23(18-26)24-15-17-31(43-4)32(20-24)44(40,41)36-27-16-14-22-8-7-13-30(29(22)21-27)35-33(38)25-10-6-12-28(19-25)42-3/h5-21,36H,1-4H3,(H,35,38). The average molecular weight is 610 g/mol. The van der Waals surface area contributed by atoms with Crippen LogP contribution in [0.3, 0.4) is 0 Å². The summed E-state index contributed by atoms with van der Waals surface area (Å²) in [5.41, 5.74) is 2.99. The van der Waals surface area contributed by atoms with Crippen LogP contribution in [0, 0.1) is 0 Å². The van der Waals surface area contributed by atoms with Crippen LogP contribution in [0.1, 0.15) is 20.7 Å². The van der Waals surface area contributed by atoms with E-state index in [1.807, 2.05) is 18.2 Å². The maximum atomic E-state index is 13.7. The quantitative estimate of drug-likeness (QED) is 0.203. The molecule has 10 heteroatoms. The Morgan fingerprint density at radius 2 is 1.45 bits per heavy atom. The SMILES string of the molecule is COc1cccc(C(=O)Nc2cccc3ccc(NS(=O)(=O)c4cc(-c5cccc(C(=O)N(C)C)c5)ccc4OC)cc23)c1. The van der Waals surface area contributed by atoms with Crippen molar-refractivity contribution < 1.29 is 27.5 Å². The van der Waals surface area contributed by atoms with Crippen molar-refractivity contribution >= 4 is 44.0 Å². The van der Waals surface area contributed by atoms with E-state index < -0.39 is 10.0 Å². The molecular weight excluding hydrogens is 578 g/mol. The summed E-state index contributed by atoms with van der Waals surface area (Å²) in [6, 6.07) is 29.2. The summed E-state index contributed by atoms with van der Waals surface area (Å²) >= 11 is 0. The highest BCUT2D eigenvalue weighted by Crippen LogP contribution is 2.33. The number of ether oxygens (including phenoxy) is 2. The van der Waals surface area contributed by atoms with E-state index in [0.717, 1.165) is 5.39 Å². The van der Waals surface area contributed by atoms with Gasteiger partial charge in [0.25, 0.3) is 21.8 Å². The number of amides is 2. The van der Waals surface area contributed by atoms with Crippen LogP contribution in [-0.2, 0) is 10.0 Å². The molecule has 224 valence electrons. The second-order valence-corrected chi connectivity index (χ2v) is 11.8. The molecule has 2 amide bonds. The first-order chi connectivity index (χ1) is 21.1. The minimum atomic E-state index is -4.13. The monoisotopic (exact) mass is 609 g/mol. The van der Waals surface area contributed by atoms with Gasteiger partial charge in [-0.1, -0.05) is 42.5 Å². The number of sulfonamides is 1. The zero-order valence-corrected chi connectivity index (χ0v) is 25.4. The molecule has 0 spiro atoms. The van der Waals surface area contributed by atoms with E-state index in [1.165, 1.54) is 25.2 Å². The van der Waals surface area contributed by atoms with Gasteiger partial charge in [0.15, 0.2) is 0 Å². The molecule has 0 fully saturated rings. The average Bonchev–Trinajstić information content (AvgIpc) is 3.04. The largest absolute Gasteiger partial charge is 0.497 e. The van der Waals surface area contributed by atoms with Crippen LogP contribution in [0.15, 0.2) is 108 Å². The second kappa shape index (κ2) is 12.5. The first-order valence-electron chi connectivity index (χ1n) is 13.6. The Morgan fingerprint density at radius 3 is 2.20 bits per heavy atom. The number of benzene rings is 5. The van der Waals surface area contributed by atoms with Gasteiger partial charge in [-0.15, -0.1) is 0 Å². The Bertz CT molecular complexity index is 1990. The van der Waals surface area contributed by atoms with E-state index in [1.54, 1.807) is 93.0 Å². The fourth-order valence-electron chi connectivity index (χ4n) is 4.77. The summed E-state index contributed by atoms with van der Waals surface area (Å²) in [5, 5.41) is 4.37. The number of hydrogen-bond acceptors (Lipinski definition) is 6. The Morgan fingerprint density at radius 1 is 0.727 bits per heavy atom. The molecule has 0 heterocycles. The molecule has 0 aliphatic carbocycles. The van der Waals surface area contributed by atoms with Crippen molar-refractivity contribution in [2.24, 2.45) is 0 Å². The van der Waals surface area contributed by atoms with Gasteiger partial charge in [0.2, 0.25) is 0 Å². The molecule has 5 aromatic carbocycles. The first-order valence-corrected chi connectivity index (χ1v) is 15.1. The maximum Gasteiger partial charge on any atom is 0.265 e. The van der Waals surface area contributed by atoms with Gasteiger partial charge in [-0.25, -0.2) is 8.42 Å². The van der Waals surface area contributed by atoms with Crippen LogP contribution in [0.2, 0.25) is 0 Å². The fraction of sp³-hybridized carbons (Fsp3) is 0.118. The molecule has 0 radical (unpaired) electrons. The van der Waals surface area contributed by atoms with E-state index in [2.05, 4.69) is 10.0 Å². The molecule has 0 bridgehead atoms. The zero-order valence-electron chi connectivity index (χ0n) is 24.6. The van der Waals surface area contributed by atoms with E-state index in [-0.39, 0.29) is 22.5 Å². The van der Waals surface area contributed by atoms with Crippen molar-refractivity contribution in [3.8, 4) is 22.6 Å². The third-order valence-electron chi connectivity index (χ3n) is 7.02. The van der Waals surface area contributed by atoms with Gasteiger partial charge in [0, 0.05) is 42.0 Å². The molecule has 0 aliphatic heterocycles. The van der Waals surface area contributed by atoms with E-state index in [0.29, 0.717) is 44.8 Å². The van der Waals surface area contributed by atoms with Crippen LogP contribution in [0.5, 0.6) is 11.5 Å². The van der Waals surface area contributed by atoms with Gasteiger partial charge in [-0.05, 0) is 77.2 Å². The smallest absolute Gasteiger partial charge is 0.265 e. The van der Waals surface area contributed by atoms with Gasteiger partial charge in [-0.2, -0.15) is 0 Å². The van der Waals surface area contributed by atoms with Crippen molar-refractivity contribution in [2.75, 3.05) is 38.4 Å². The van der Waals surface area contributed by atoms with E-state index in [4.69, 9.17) is 9.47 Å². The van der Waals surface area contributed by atoms with Crippen molar-refractivity contribution in [1.29, 1.82) is 0 Å². The molecule has 0 saturated heterocycles. The van der Waals surface area contributed by atoms with Crippen molar-refractivity contribution in [3.05, 3.63) is 114 Å². The third-order valence-corrected chi connectivity index (χ3v) is 8.42. The molecule has 2 N–H and O–H groups in total. The lowest BCUT2D eigenvalue weighted by molar-refractivity contribution is 0.0827. The van der Waals surface area contributed by atoms with Gasteiger partial charge in [0.1, 0.15) is 16.4 Å².